The second-order valence-corrected chi connectivity index (χ2v) is 6.83. The normalized spacial score (nSPS) is 17.7. The van der Waals surface area contributed by atoms with E-state index in [9.17, 15) is 14.9 Å². The number of pyridine rings is 1. The monoisotopic (exact) mass is 331 g/mol. The van der Waals surface area contributed by atoms with E-state index >= 15 is 0 Å². The molecule has 1 aliphatic rings. The lowest BCUT2D eigenvalue weighted by Crippen LogP contribution is -2.42. The summed E-state index contributed by atoms with van der Waals surface area (Å²) in [5.41, 5.74) is 1.41. The van der Waals surface area contributed by atoms with Gasteiger partial charge in [0.1, 0.15) is 11.1 Å². The van der Waals surface area contributed by atoms with Crippen molar-refractivity contribution >= 4 is 23.5 Å². The van der Waals surface area contributed by atoms with Crippen molar-refractivity contribution in [2.45, 2.75) is 51.1 Å². The minimum absolute atomic E-state index is 0.0844. The number of ketones is 1. The second kappa shape index (κ2) is 7.60. The highest BCUT2D eigenvalue weighted by Crippen LogP contribution is 2.25. The van der Waals surface area contributed by atoms with Crippen LogP contribution >= 0.6 is 11.8 Å². The number of aryl methyl sites for hydroxylation is 1. The Bertz CT molecular complexity index is 667. The molecule has 122 valence electrons. The Morgan fingerprint density at radius 2 is 2.22 bits per heavy atom. The van der Waals surface area contributed by atoms with Crippen LogP contribution in [-0.4, -0.2) is 39.9 Å². The second-order valence-electron chi connectivity index (χ2n) is 5.86. The summed E-state index contributed by atoms with van der Waals surface area (Å²) < 4.78 is 0. The summed E-state index contributed by atoms with van der Waals surface area (Å²) in [4.78, 5) is 30.2. The molecular formula is C17H21N3O2S. The van der Waals surface area contributed by atoms with Gasteiger partial charge in [0.25, 0.3) is 0 Å². The van der Waals surface area contributed by atoms with Crippen LogP contribution in [0.15, 0.2) is 11.1 Å². The fraction of sp³-hybridized carbons (Fsp3) is 0.529. The molecule has 2 rings (SSSR count). The Labute approximate surface area is 141 Å². The topological polar surface area (TPSA) is 74.1 Å². The highest BCUT2D eigenvalue weighted by atomic mass is 32.2. The molecule has 1 unspecified atom stereocenters. The molecule has 5 nitrogen and oxygen atoms in total. The molecule has 23 heavy (non-hydrogen) atoms. The van der Waals surface area contributed by atoms with Crippen molar-refractivity contribution in [1.82, 2.24) is 9.88 Å². The number of hydrogen-bond acceptors (Lipinski definition) is 5. The van der Waals surface area contributed by atoms with Crippen LogP contribution in [0, 0.1) is 18.3 Å². The highest BCUT2D eigenvalue weighted by Gasteiger charge is 2.23. The number of amides is 1. The number of carbonyl (C=O) groups is 2. The summed E-state index contributed by atoms with van der Waals surface area (Å²) >= 11 is 1.27. The number of aromatic nitrogens is 1. The molecule has 6 heteroatoms. The SMILES string of the molecule is CC(=O)c1cc(C#N)c(SCC(=O)N2CCCCC2C)nc1C. The zero-order valence-electron chi connectivity index (χ0n) is 13.8. The van der Waals surface area contributed by atoms with E-state index in [-0.39, 0.29) is 23.5 Å². The van der Waals surface area contributed by atoms with Crippen LogP contribution in [0.5, 0.6) is 0 Å². The summed E-state index contributed by atoms with van der Waals surface area (Å²) in [7, 11) is 0. The number of nitriles is 1. The predicted octanol–water partition coefficient (Wildman–Crippen LogP) is 2.96. The van der Waals surface area contributed by atoms with Crippen LogP contribution in [0.2, 0.25) is 0 Å². The number of piperidine rings is 1. The van der Waals surface area contributed by atoms with Crippen LogP contribution < -0.4 is 0 Å². The van der Waals surface area contributed by atoms with E-state index < -0.39 is 0 Å². The summed E-state index contributed by atoms with van der Waals surface area (Å²) in [5, 5.41) is 9.78. The molecule has 0 aromatic carbocycles. The van der Waals surface area contributed by atoms with Gasteiger partial charge >= 0.3 is 0 Å². The van der Waals surface area contributed by atoms with E-state index in [0.29, 0.717) is 21.8 Å². The maximum atomic E-state index is 12.4. The molecule has 0 bridgehead atoms. The number of Topliss-reactive ketones (excluding diaryl/α,β-unsaturated/α-hetero) is 1. The lowest BCUT2D eigenvalue weighted by atomic mass is 10.0. The third-order valence-electron chi connectivity index (χ3n) is 4.13. The fourth-order valence-electron chi connectivity index (χ4n) is 2.81. The molecular weight excluding hydrogens is 310 g/mol. The standard InChI is InChI=1S/C17H21N3O2S/c1-11-6-4-5-7-20(11)16(22)10-23-17-14(9-18)8-15(13(3)21)12(2)19-17/h8,11H,4-7,10H2,1-3H3. The molecule has 1 aromatic rings. The Kier molecular flexibility index (Phi) is 5.78. The van der Waals surface area contributed by atoms with Crippen molar-refractivity contribution in [3.05, 3.63) is 22.9 Å². The maximum absolute atomic E-state index is 12.4. The number of thioether (sulfide) groups is 1. The number of hydrogen-bond donors (Lipinski definition) is 0. The van der Waals surface area contributed by atoms with Crippen molar-refractivity contribution in [3.8, 4) is 6.07 Å². The molecule has 1 fully saturated rings. The first kappa shape index (κ1) is 17.5. The number of carbonyl (C=O) groups excluding carboxylic acids is 2. The Morgan fingerprint density at radius 3 is 2.83 bits per heavy atom. The van der Waals surface area contributed by atoms with E-state index in [1.165, 1.54) is 25.1 Å². The van der Waals surface area contributed by atoms with E-state index in [2.05, 4.69) is 18.0 Å². The first-order chi connectivity index (χ1) is 10.9. The largest absolute Gasteiger partial charge is 0.339 e. The quantitative estimate of drug-likeness (QED) is 0.626. The van der Waals surface area contributed by atoms with Gasteiger partial charge in [-0.05, 0) is 46.1 Å². The van der Waals surface area contributed by atoms with E-state index in [1.807, 2.05) is 4.90 Å². The Hall–Kier alpha value is -1.87. The Morgan fingerprint density at radius 1 is 1.48 bits per heavy atom. The number of likely N-dealkylation sites (tertiary alicyclic amines) is 1. The van der Waals surface area contributed by atoms with Gasteiger partial charge in [-0.1, -0.05) is 11.8 Å². The fourth-order valence-corrected chi connectivity index (χ4v) is 3.70. The van der Waals surface area contributed by atoms with Gasteiger partial charge in [0.15, 0.2) is 5.78 Å². The summed E-state index contributed by atoms with van der Waals surface area (Å²) in [6, 6.07) is 3.92. The van der Waals surface area contributed by atoms with Gasteiger partial charge in [0, 0.05) is 23.8 Å². The molecule has 0 aliphatic carbocycles. The molecule has 1 amide bonds. The molecule has 1 saturated heterocycles. The molecule has 2 heterocycles. The Balaban J connectivity index is 2.11. The zero-order valence-corrected chi connectivity index (χ0v) is 14.6. The average Bonchev–Trinajstić information content (AvgIpc) is 2.52. The lowest BCUT2D eigenvalue weighted by molar-refractivity contribution is -0.131. The highest BCUT2D eigenvalue weighted by molar-refractivity contribution is 8.00. The maximum Gasteiger partial charge on any atom is 0.233 e. The number of rotatable bonds is 4. The van der Waals surface area contributed by atoms with Gasteiger partial charge in [-0.25, -0.2) is 4.98 Å². The van der Waals surface area contributed by atoms with Gasteiger partial charge in [0.2, 0.25) is 5.91 Å². The zero-order chi connectivity index (χ0) is 17.0. The average molecular weight is 331 g/mol. The summed E-state index contributed by atoms with van der Waals surface area (Å²) in [5.74, 6) is 0.243. The van der Waals surface area contributed by atoms with Crippen molar-refractivity contribution in [2.24, 2.45) is 0 Å². The molecule has 1 atom stereocenters. The smallest absolute Gasteiger partial charge is 0.233 e. The minimum Gasteiger partial charge on any atom is -0.339 e. The van der Waals surface area contributed by atoms with E-state index in [0.717, 1.165) is 19.4 Å². The van der Waals surface area contributed by atoms with Crippen molar-refractivity contribution in [1.29, 1.82) is 5.26 Å². The first-order valence-corrected chi connectivity index (χ1v) is 8.77. The van der Waals surface area contributed by atoms with Crippen molar-refractivity contribution in [2.75, 3.05) is 12.3 Å². The molecule has 0 N–H and O–H groups in total. The molecule has 1 aliphatic heterocycles. The van der Waals surface area contributed by atoms with Gasteiger partial charge in [0.05, 0.1) is 11.3 Å². The van der Waals surface area contributed by atoms with Crippen molar-refractivity contribution < 1.29 is 9.59 Å². The summed E-state index contributed by atoms with van der Waals surface area (Å²) in [6.45, 7) is 6.09. The number of nitrogens with zero attached hydrogens (tertiary/aromatic N) is 3. The van der Waals surface area contributed by atoms with Crippen LogP contribution in [0.1, 0.15) is 54.7 Å². The van der Waals surface area contributed by atoms with Crippen LogP contribution in [0.25, 0.3) is 0 Å². The predicted molar refractivity (Wildman–Crippen MR) is 89.4 cm³/mol. The van der Waals surface area contributed by atoms with Gasteiger partial charge in [-0.3, -0.25) is 9.59 Å². The molecule has 0 spiro atoms. The van der Waals surface area contributed by atoms with E-state index in [4.69, 9.17) is 0 Å². The minimum atomic E-state index is -0.110. The van der Waals surface area contributed by atoms with Crippen LogP contribution in [0.4, 0.5) is 0 Å². The van der Waals surface area contributed by atoms with E-state index in [1.54, 1.807) is 13.0 Å². The molecule has 1 aromatic heterocycles. The van der Waals surface area contributed by atoms with Crippen molar-refractivity contribution in [3.63, 3.8) is 0 Å². The van der Waals surface area contributed by atoms with Crippen LogP contribution in [-0.2, 0) is 4.79 Å². The third-order valence-corrected chi connectivity index (χ3v) is 5.11. The molecule has 0 saturated carbocycles. The van der Waals surface area contributed by atoms with Gasteiger partial charge in [-0.2, -0.15) is 5.26 Å². The summed E-state index contributed by atoms with van der Waals surface area (Å²) in [6.07, 6.45) is 3.27. The first-order valence-electron chi connectivity index (χ1n) is 7.79. The molecule has 0 radical (unpaired) electrons. The van der Waals surface area contributed by atoms with Gasteiger partial charge < -0.3 is 4.90 Å². The third kappa shape index (κ3) is 4.11. The van der Waals surface area contributed by atoms with Gasteiger partial charge in [-0.15, -0.1) is 0 Å². The lowest BCUT2D eigenvalue weighted by Gasteiger charge is -2.33. The van der Waals surface area contributed by atoms with Crippen LogP contribution in [0.3, 0.4) is 0 Å².